The Morgan fingerprint density at radius 2 is 2.14 bits per heavy atom. The van der Waals surface area contributed by atoms with E-state index in [4.69, 9.17) is 9.47 Å². The SMILES string of the molecule is CCC[C@H]1CO[C@](Cn2cncn2)(c2ccc(C)cc2)O1. The molecule has 0 N–H and O–H groups in total. The number of aromatic nitrogens is 3. The van der Waals surface area contributed by atoms with Crippen LogP contribution in [0.25, 0.3) is 0 Å². The second-order valence-corrected chi connectivity index (χ2v) is 5.55. The molecule has 2 heterocycles. The van der Waals surface area contributed by atoms with Crippen LogP contribution >= 0.6 is 0 Å². The predicted octanol–water partition coefficient (Wildman–Crippen LogP) is 2.66. The van der Waals surface area contributed by atoms with Gasteiger partial charge in [0.05, 0.1) is 12.7 Å². The summed E-state index contributed by atoms with van der Waals surface area (Å²) in [6.07, 6.45) is 5.45. The van der Waals surface area contributed by atoms with Crippen molar-refractivity contribution in [3.05, 3.63) is 48.0 Å². The van der Waals surface area contributed by atoms with Gasteiger partial charge in [0.2, 0.25) is 5.79 Å². The van der Waals surface area contributed by atoms with Gasteiger partial charge in [0.1, 0.15) is 19.2 Å². The molecule has 21 heavy (non-hydrogen) atoms. The van der Waals surface area contributed by atoms with Crippen molar-refractivity contribution in [2.24, 2.45) is 0 Å². The van der Waals surface area contributed by atoms with Gasteiger partial charge >= 0.3 is 0 Å². The van der Waals surface area contributed by atoms with E-state index in [1.54, 1.807) is 11.0 Å². The standard InChI is InChI=1S/C16H21N3O2/c1-3-4-15-9-20-16(21-15,10-19-12-17-11-18-19)14-7-5-13(2)6-8-14/h5-8,11-12,15H,3-4,9-10H2,1-2H3/t15-,16-/m0/s1. The number of hydrogen-bond acceptors (Lipinski definition) is 4. The molecule has 1 aliphatic heterocycles. The molecule has 0 saturated carbocycles. The summed E-state index contributed by atoms with van der Waals surface area (Å²) in [5, 5.41) is 4.18. The lowest BCUT2D eigenvalue weighted by Crippen LogP contribution is -2.34. The van der Waals surface area contributed by atoms with Gasteiger partial charge in [0, 0.05) is 5.56 Å². The highest BCUT2D eigenvalue weighted by Crippen LogP contribution is 2.37. The van der Waals surface area contributed by atoms with Gasteiger partial charge in [-0.2, -0.15) is 5.10 Å². The number of nitrogens with zero attached hydrogens (tertiary/aromatic N) is 3. The number of benzene rings is 1. The Balaban J connectivity index is 1.89. The second-order valence-electron chi connectivity index (χ2n) is 5.55. The number of hydrogen-bond donors (Lipinski definition) is 0. The molecule has 1 saturated heterocycles. The quantitative estimate of drug-likeness (QED) is 0.848. The molecule has 2 aromatic rings. The van der Waals surface area contributed by atoms with E-state index in [0.717, 1.165) is 18.4 Å². The van der Waals surface area contributed by atoms with Gasteiger partial charge in [0.15, 0.2) is 0 Å². The topological polar surface area (TPSA) is 49.2 Å². The molecule has 1 fully saturated rings. The average molecular weight is 287 g/mol. The first kappa shape index (κ1) is 14.2. The summed E-state index contributed by atoms with van der Waals surface area (Å²) in [4.78, 5) is 4.00. The summed E-state index contributed by atoms with van der Waals surface area (Å²) in [5.41, 5.74) is 2.25. The number of rotatable bonds is 5. The lowest BCUT2D eigenvalue weighted by Gasteiger charge is -2.28. The maximum Gasteiger partial charge on any atom is 0.215 e. The molecule has 112 valence electrons. The Hall–Kier alpha value is -1.72. The van der Waals surface area contributed by atoms with Crippen molar-refractivity contribution in [3.8, 4) is 0 Å². The summed E-state index contributed by atoms with van der Waals surface area (Å²) in [5.74, 6) is -0.763. The van der Waals surface area contributed by atoms with Crippen molar-refractivity contribution in [2.45, 2.75) is 45.1 Å². The van der Waals surface area contributed by atoms with E-state index in [1.807, 2.05) is 0 Å². The highest BCUT2D eigenvalue weighted by Gasteiger charge is 2.43. The van der Waals surface area contributed by atoms with Gasteiger partial charge in [-0.1, -0.05) is 43.2 Å². The normalized spacial score (nSPS) is 25.3. The molecule has 2 atom stereocenters. The van der Waals surface area contributed by atoms with E-state index < -0.39 is 5.79 Å². The first-order valence-corrected chi connectivity index (χ1v) is 7.43. The third kappa shape index (κ3) is 2.99. The van der Waals surface area contributed by atoms with Gasteiger partial charge in [0.25, 0.3) is 0 Å². The van der Waals surface area contributed by atoms with Crippen LogP contribution in [0.4, 0.5) is 0 Å². The number of ether oxygens (including phenoxy) is 2. The zero-order valence-electron chi connectivity index (χ0n) is 12.5. The Bertz CT molecular complexity index is 568. The third-order valence-corrected chi connectivity index (χ3v) is 3.80. The lowest BCUT2D eigenvalue weighted by atomic mass is 10.0. The van der Waals surface area contributed by atoms with Crippen LogP contribution in [0.2, 0.25) is 0 Å². The summed E-state index contributed by atoms with van der Waals surface area (Å²) < 4.78 is 14.1. The minimum Gasteiger partial charge on any atom is -0.342 e. The monoisotopic (exact) mass is 287 g/mol. The van der Waals surface area contributed by atoms with Gasteiger partial charge in [-0.15, -0.1) is 0 Å². The molecule has 0 radical (unpaired) electrons. The average Bonchev–Trinajstić information content (AvgIpc) is 3.11. The molecule has 1 aromatic heterocycles. The van der Waals surface area contributed by atoms with Gasteiger partial charge in [-0.3, -0.25) is 0 Å². The fraction of sp³-hybridized carbons (Fsp3) is 0.500. The Morgan fingerprint density at radius 1 is 1.33 bits per heavy atom. The van der Waals surface area contributed by atoms with E-state index in [2.05, 4.69) is 48.2 Å². The maximum atomic E-state index is 6.28. The first-order chi connectivity index (χ1) is 10.2. The highest BCUT2D eigenvalue weighted by atomic mass is 16.7. The Labute approximate surface area is 124 Å². The van der Waals surface area contributed by atoms with Gasteiger partial charge < -0.3 is 9.47 Å². The van der Waals surface area contributed by atoms with E-state index in [1.165, 1.54) is 11.9 Å². The molecule has 3 rings (SSSR count). The van der Waals surface area contributed by atoms with Gasteiger partial charge in [-0.25, -0.2) is 9.67 Å². The largest absolute Gasteiger partial charge is 0.342 e. The minimum atomic E-state index is -0.763. The molecular weight excluding hydrogens is 266 g/mol. The molecule has 0 aliphatic carbocycles. The van der Waals surface area contributed by atoms with Crippen molar-refractivity contribution >= 4 is 0 Å². The molecule has 1 aliphatic rings. The third-order valence-electron chi connectivity index (χ3n) is 3.80. The molecule has 0 unspecified atom stereocenters. The molecular formula is C16H21N3O2. The fourth-order valence-electron chi connectivity index (χ4n) is 2.69. The molecule has 0 amide bonds. The van der Waals surface area contributed by atoms with Gasteiger partial charge in [-0.05, 0) is 13.3 Å². The summed E-state index contributed by atoms with van der Waals surface area (Å²) in [6, 6.07) is 8.30. The van der Waals surface area contributed by atoms with Crippen LogP contribution < -0.4 is 0 Å². The second kappa shape index (κ2) is 5.95. The Kier molecular flexibility index (Phi) is 4.03. The van der Waals surface area contributed by atoms with E-state index in [9.17, 15) is 0 Å². The zero-order valence-corrected chi connectivity index (χ0v) is 12.5. The zero-order chi connectivity index (χ0) is 14.7. The van der Waals surface area contributed by atoms with Crippen molar-refractivity contribution in [3.63, 3.8) is 0 Å². The van der Waals surface area contributed by atoms with Crippen molar-refractivity contribution in [2.75, 3.05) is 6.61 Å². The number of aryl methyl sites for hydroxylation is 1. The molecule has 1 aromatic carbocycles. The maximum absolute atomic E-state index is 6.28. The molecule has 0 bridgehead atoms. The lowest BCUT2D eigenvalue weighted by molar-refractivity contribution is -0.189. The van der Waals surface area contributed by atoms with Crippen molar-refractivity contribution in [1.82, 2.24) is 14.8 Å². The molecule has 5 nitrogen and oxygen atoms in total. The fourth-order valence-corrected chi connectivity index (χ4v) is 2.69. The summed E-state index contributed by atoms with van der Waals surface area (Å²) in [6.45, 7) is 5.36. The highest BCUT2D eigenvalue weighted by molar-refractivity contribution is 5.25. The van der Waals surface area contributed by atoms with Crippen LogP contribution in [0.15, 0.2) is 36.9 Å². The summed E-state index contributed by atoms with van der Waals surface area (Å²) in [7, 11) is 0. The van der Waals surface area contributed by atoms with Crippen LogP contribution in [0.3, 0.4) is 0 Å². The van der Waals surface area contributed by atoms with Crippen LogP contribution in [-0.2, 0) is 21.8 Å². The van der Waals surface area contributed by atoms with Crippen LogP contribution in [0.1, 0.15) is 30.9 Å². The van der Waals surface area contributed by atoms with E-state index in [0.29, 0.717) is 13.2 Å². The first-order valence-electron chi connectivity index (χ1n) is 7.43. The van der Waals surface area contributed by atoms with E-state index >= 15 is 0 Å². The molecule has 5 heteroatoms. The van der Waals surface area contributed by atoms with Crippen LogP contribution in [0.5, 0.6) is 0 Å². The summed E-state index contributed by atoms with van der Waals surface area (Å²) >= 11 is 0. The van der Waals surface area contributed by atoms with Crippen LogP contribution in [0, 0.1) is 6.92 Å². The van der Waals surface area contributed by atoms with Crippen LogP contribution in [-0.4, -0.2) is 27.5 Å². The smallest absolute Gasteiger partial charge is 0.215 e. The molecule has 0 spiro atoms. The Morgan fingerprint density at radius 3 is 2.81 bits per heavy atom. The predicted molar refractivity (Wildman–Crippen MR) is 78.6 cm³/mol. The van der Waals surface area contributed by atoms with E-state index in [-0.39, 0.29) is 6.10 Å². The van der Waals surface area contributed by atoms with Crippen molar-refractivity contribution in [1.29, 1.82) is 0 Å². The van der Waals surface area contributed by atoms with Crippen molar-refractivity contribution < 1.29 is 9.47 Å². The minimum absolute atomic E-state index is 0.139.